The predicted octanol–water partition coefficient (Wildman–Crippen LogP) is 3.00. The summed E-state index contributed by atoms with van der Waals surface area (Å²) in [6.45, 7) is 6.06. The molecule has 0 spiro atoms. The lowest BCUT2D eigenvalue weighted by atomic mass is 9.93. The number of rotatable bonds is 3. The molecule has 1 rings (SSSR count). The van der Waals surface area contributed by atoms with Crippen molar-refractivity contribution < 1.29 is 4.79 Å². The van der Waals surface area contributed by atoms with Gasteiger partial charge >= 0.3 is 0 Å². The molecular formula is C9H16OS2. The SMILES string of the molecule is CC(C)C(=O)[C@@H](C)[C@H]1CCSS1. The number of ketones is 1. The molecular weight excluding hydrogens is 188 g/mol. The second-order valence-corrected chi connectivity index (χ2v) is 6.32. The molecule has 0 aliphatic carbocycles. The summed E-state index contributed by atoms with van der Waals surface area (Å²) in [4.78, 5) is 11.6. The lowest BCUT2D eigenvalue weighted by molar-refractivity contribution is -0.125. The monoisotopic (exact) mass is 204 g/mol. The van der Waals surface area contributed by atoms with E-state index in [1.54, 1.807) is 0 Å². The van der Waals surface area contributed by atoms with E-state index in [1.807, 2.05) is 35.4 Å². The number of hydrogen-bond acceptors (Lipinski definition) is 3. The molecule has 1 aliphatic rings. The highest BCUT2D eigenvalue weighted by atomic mass is 33.1. The maximum atomic E-state index is 11.6. The quantitative estimate of drug-likeness (QED) is 0.658. The van der Waals surface area contributed by atoms with E-state index >= 15 is 0 Å². The van der Waals surface area contributed by atoms with Crippen LogP contribution >= 0.6 is 21.6 Å². The van der Waals surface area contributed by atoms with Crippen LogP contribution in [0.2, 0.25) is 0 Å². The normalized spacial score (nSPS) is 26.2. The third-order valence-electron chi connectivity index (χ3n) is 2.25. The van der Waals surface area contributed by atoms with Crippen LogP contribution in [0.25, 0.3) is 0 Å². The minimum absolute atomic E-state index is 0.200. The molecule has 0 N–H and O–H groups in total. The second kappa shape index (κ2) is 4.56. The van der Waals surface area contributed by atoms with Crippen LogP contribution in [0.5, 0.6) is 0 Å². The Labute approximate surface area is 82.5 Å². The zero-order valence-electron chi connectivity index (χ0n) is 7.87. The summed E-state index contributed by atoms with van der Waals surface area (Å²) >= 11 is 0. The number of hydrogen-bond donors (Lipinski definition) is 0. The van der Waals surface area contributed by atoms with E-state index in [-0.39, 0.29) is 11.8 Å². The van der Waals surface area contributed by atoms with Crippen LogP contribution in [0.3, 0.4) is 0 Å². The molecule has 3 heteroatoms. The highest BCUT2D eigenvalue weighted by Crippen LogP contribution is 2.41. The first-order valence-electron chi connectivity index (χ1n) is 4.45. The molecule has 0 aromatic carbocycles. The van der Waals surface area contributed by atoms with Gasteiger partial charge in [0, 0.05) is 22.8 Å². The van der Waals surface area contributed by atoms with Crippen molar-refractivity contribution in [1.82, 2.24) is 0 Å². The minimum Gasteiger partial charge on any atom is -0.299 e. The summed E-state index contributed by atoms with van der Waals surface area (Å²) in [6.07, 6.45) is 1.20. The Morgan fingerprint density at radius 3 is 2.50 bits per heavy atom. The molecule has 0 amide bonds. The average Bonchev–Trinajstić information content (AvgIpc) is 2.53. The summed E-state index contributed by atoms with van der Waals surface area (Å²) in [5, 5.41) is 0.574. The van der Waals surface area contributed by atoms with Crippen LogP contribution < -0.4 is 0 Å². The topological polar surface area (TPSA) is 17.1 Å². The van der Waals surface area contributed by atoms with Crippen molar-refractivity contribution in [3.05, 3.63) is 0 Å². The largest absolute Gasteiger partial charge is 0.299 e. The van der Waals surface area contributed by atoms with Gasteiger partial charge in [-0.2, -0.15) is 0 Å². The summed E-state index contributed by atoms with van der Waals surface area (Å²) in [5.41, 5.74) is 0. The highest BCUT2D eigenvalue weighted by molar-refractivity contribution is 8.77. The lowest BCUT2D eigenvalue weighted by Crippen LogP contribution is -2.25. The first kappa shape index (κ1) is 10.5. The molecule has 70 valence electrons. The zero-order chi connectivity index (χ0) is 9.14. The lowest BCUT2D eigenvalue weighted by Gasteiger charge is -2.17. The summed E-state index contributed by atoms with van der Waals surface area (Å²) < 4.78 is 0. The molecule has 0 radical (unpaired) electrons. The molecule has 0 unspecified atom stereocenters. The van der Waals surface area contributed by atoms with Gasteiger partial charge in [0.1, 0.15) is 5.78 Å². The van der Waals surface area contributed by atoms with Gasteiger partial charge in [0.15, 0.2) is 0 Å². The number of Topliss-reactive ketones (excluding diaryl/α,β-unsaturated/α-hetero) is 1. The summed E-state index contributed by atoms with van der Waals surface area (Å²) in [6, 6.07) is 0. The first-order valence-corrected chi connectivity index (χ1v) is 6.83. The van der Waals surface area contributed by atoms with E-state index < -0.39 is 0 Å². The molecule has 2 atom stereocenters. The van der Waals surface area contributed by atoms with Gasteiger partial charge in [0.2, 0.25) is 0 Å². The first-order chi connectivity index (χ1) is 5.63. The maximum absolute atomic E-state index is 11.6. The molecule has 0 bridgehead atoms. The van der Waals surface area contributed by atoms with E-state index in [0.717, 1.165) is 0 Å². The molecule has 0 aromatic rings. The van der Waals surface area contributed by atoms with Crippen LogP contribution in [0, 0.1) is 11.8 Å². The van der Waals surface area contributed by atoms with E-state index in [2.05, 4.69) is 6.92 Å². The minimum atomic E-state index is 0.200. The van der Waals surface area contributed by atoms with Crippen molar-refractivity contribution in [2.24, 2.45) is 11.8 Å². The van der Waals surface area contributed by atoms with Gasteiger partial charge < -0.3 is 0 Å². The van der Waals surface area contributed by atoms with Crippen molar-refractivity contribution in [1.29, 1.82) is 0 Å². The van der Waals surface area contributed by atoms with E-state index in [1.165, 1.54) is 12.2 Å². The second-order valence-electron chi connectivity index (χ2n) is 3.59. The van der Waals surface area contributed by atoms with Gasteiger partial charge in [-0.15, -0.1) is 0 Å². The average molecular weight is 204 g/mol. The number of carbonyl (C=O) groups is 1. The molecule has 0 aromatic heterocycles. The fourth-order valence-electron chi connectivity index (χ4n) is 1.39. The Kier molecular flexibility index (Phi) is 3.97. The Hall–Kier alpha value is 0.370. The third kappa shape index (κ3) is 2.43. The van der Waals surface area contributed by atoms with Crippen molar-refractivity contribution in [3.63, 3.8) is 0 Å². The zero-order valence-corrected chi connectivity index (χ0v) is 9.50. The van der Waals surface area contributed by atoms with Gasteiger partial charge in [0.05, 0.1) is 0 Å². The van der Waals surface area contributed by atoms with Gasteiger partial charge in [-0.3, -0.25) is 4.79 Å². The van der Waals surface area contributed by atoms with Crippen LogP contribution in [-0.2, 0) is 4.79 Å². The van der Waals surface area contributed by atoms with Crippen molar-refractivity contribution >= 4 is 27.4 Å². The third-order valence-corrected chi connectivity index (χ3v) is 5.33. The van der Waals surface area contributed by atoms with Crippen LogP contribution in [0.1, 0.15) is 27.2 Å². The fourth-order valence-corrected chi connectivity index (χ4v) is 4.57. The number of carbonyl (C=O) groups excluding carboxylic acids is 1. The maximum Gasteiger partial charge on any atom is 0.139 e. The van der Waals surface area contributed by atoms with E-state index in [4.69, 9.17) is 0 Å². The van der Waals surface area contributed by atoms with Gasteiger partial charge in [0.25, 0.3) is 0 Å². The van der Waals surface area contributed by atoms with E-state index in [9.17, 15) is 4.79 Å². The molecule has 1 aliphatic heterocycles. The smallest absolute Gasteiger partial charge is 0.139 e. The van der Waals surface area contributed by atoms with Crippen molar-refractivity contribution in [2.45, 2.75) is 32.4 Å². The predicted molar refractivity (Wildman–Crippen MR) is 57.5 cm³/mol. The summed E-state index contributed by atoms with van der Waals surface area (Å²) in [5.74, 6) is 2.09. The Morgan fingerprint density at radius 2 is 2.08 bits per heavy atom. The molecule has 1 saturated heterocycles. The molecule has 12 heavy (non-hydrogen) atoms. The molecule has 1 nitrogen and oxygen atoms in total. The van der Waals surface area contributed by atoms with Crippen molar-refractivity contribution in [2.75, 3.05) is 5.75 Å². The van der Waals surface area contributed by atoms with E-state index in [0.29, 0.717) is 11.0 Å². The molecule has 1 fully saturated rings. The van der Waals surface area contributed by atoms with Gasteiger partial charge in [-0.05, 0) is 6.42 Å². The standard InChI is InChI=1S/C9H16OS2/c1-6(2)9(10)7(3)8-4-5-11-12-8/h6-8H,4-5H2,1-3H3/t7-,8+/m0/s1. The Morgan fingerprint density at radius 1 is 1.42 bits per heavy atom. The van der Waals surface area contributed by atoms with Crippen molar-refractivity contribution in [3.8, 4) is 0 Å². The highest BCUT2D eigenvalue weighted by Gasteiger charge is 2.28. The van der Waals surface area contributed by atoms with Gasteiger partial charge in [-0.1, -0.05) is 42.4 Å². The fraction of sp³-hybridized carbons (Fsp3) is 0.889. The van der Waals surface area contributed by atoms with Crippen LogP contribution in [0.4, 0.5) is 0 Å². The molecule has 1 heterocycles. The summed E-state index contributed by atoms with van der Waals surface area (Å²) in [7, 11) is 3.80. The van der Waals surface area contributed by atoms with Gasteiger partial charge in [-0.25, -0.2) is 0 Å². The van der Waals surface area contributed by atoms with Crippen LogP contribution in [-0.4, -0.2) is 16.8 Å². The van der Waals surface area contributed by atoms with Crippen LogP contribution in [0.15, 0.2) is 0 Å². The Balaban J connectivity index is 2.45. The molecule has 0 saturated carbocycles. The Bertz CT molecular complexity index is 162.